The van der Waals surface area contributed by atoms with Crippen LogP contribution in [0.2, 0.25) is 5.02 Å². The van der Waals surface area contributed by atoms with E-state index in [1.807, 2.05) is 30.3 Å². The van der Waals surface area contributed by atoms with E-state index in [1.54, 1.807) is 30.1 Å². The first-order valence-electron chi connectivity index (χ1n) is 7.95. The molecule has 7 nitrogen and oxygen atoms in total. The molecule has 1 atom stereocenters. The monoisotopic (exact) mass is 366 g/mol. The largest absolute Gasteiger partial charge is 0.366 e. The van der Waals surface area contributed by atoms with Crippen LogP contribution in [0, 0.1) is 0 Å². The lowest BCUT2D eigenvalue weighted by Gasteiger charge is -2.28. The molecule has 3 heterocycles. The van der Waals surface area contributed by atoms with Crippen LogP contribution in [-0.2, 0) is 4.79 Å². The smallest absolute Gasteiger partial charge is 0.248 e. The second-order valence-electron chi connectivity index (χ2n) is 5.89. The molecular weight excluding hydrogens is 352 g/mol. The Morgan fingerprint density at radius 3 is 2.65 bits per heavy atom. The van der Waals surface area contributed by atoms with Crippen LogP contribution in [0.3, 0.4) is 0 Å². The summed E-state index contributed by atoms with van der Waals surface area (Å²) < 4.78 is 1.64. The molecule has 0 aliphatic carbocycles. The van der Waals surface area contributed by atoms with Crippen molar-refractivity contribution in [2.24, 2.45) is 5.73 Å². The van der Waals surface area contributed by atoms with E-state index in [0.29, 0.717) is 28.1 Å². The maximum atomic E-state index is 12.2. The van der Waals surface area contributed by atoms with Crippen molar-refractivity contribution in [3.8, 4) is 11.4 Å². The molecule has 0 fully saturated rings. The summed E-state index contributed by atoms with van der Waals surface area (Å²) in [7, 11) is 0. The van der Waals surface area contributed by atoms with Gasteiger partial charge >= 0.3 is 0 Å². The van der Waals surface area contributed by atoms with E-state index < -0.39 is 11.9 Å². The summed E-state index contributed by atoms with van der Waals surface area (Å²) in [5.74, 6) is 0.501. The first kappa shape index (κ1) is 16.3. The standard InChI is InChI=1S/C18H15ClN6O/c1-10-14(16(20)26)15(12-4-2-3-5-13(12)19)25-18(22-10)23-17(24-25)11-6-8-21-9-7-11/h2-9,15H,1H3,(H2,20,26)(H,22,23,24)/t15-/m1/s1. The minimum absolute atomic E-state index is 0.400. The second kappa shape index (κ2) is 6.27. The third-order valence-corrected chi connectivity index (χ3v) is 4.60. The average molecular weight is 367 g/mol. The van der Waals surface area contributed by atoms with Crippen molar-refractivity contribution >= 4 is 23.5 Å². The number of allylic oxidation sites excluding steroid dienone is 1. The van der Waals surface area contributed by atoms with Crippen molar-refractivity contribution in [2.75, 3.05) is 5.32 Å². The minimum Gasteiger partial charge on any atom is -0.366 e. The van der Waals surface area contributed by atoms with Gasteiger partial charge in [0, 0.05) is 34.2 Å². The Hall–Kier alpha value is -3.19. The van der Waals surface area contributed by atoms with Gasteiger partial charge in [0.05, 0.1) is 5.57 Å². The summed E-state index contributed by atoms with van der Waals surface area (Å²) in [5, 5.41) is 8.24. The number of fused-ring (bicyclic) bond motifs is 1. The first-order valence-corrected chi connectivity index (χ1v) is 8.33. The Bertz CT molecular complexity index is 1030. The van der Waals surface area contributed by atoms with Crippen LogP contribution in [0.15, 0.2) is 60.1 Å². The summed E-state index contributed by atoms with van der Waals surface area (Å²) in [4.78, 5) is 20.7. The molecule has 0 spiro atoms. The predicted octanol–water partition coefficient (Wildman–Crippen LogP) is 2.77. The van der Waals surface area contributed by atoms with E-state index in [1.165, 1.54) is 0 Å². The molecule has 0 saturated heterocycles. The topological polar surface area (TPSA) is 98.7 Å². The molecule has 0 bridgehead atoms. The first-order chi connectivity index (χ1) is 12.6. The molecule has 0 radical (unpaired) electrons. The van der Waals surface area contributed by atoms with Gasteiger partial charge in [-0.15, -0.1) is 5.10 Å². The molecule has 0 saturated carbocycles. The van der Waals surface area contributed by atoms with Crippen LogP contribution in [0.4, 0.5) is 5.95 Å². The Balaban J connectivity index is 1.92. The van der Waals surface area contributed by atoms with Crippen molar-refractivity contribution < 1.29 is 4.79 Å². The van der Waals surface area contributed by atoms with E-state index in [2.05, 4.69) is 20.4 Å². The lowest BCUT2D eigenvalue weighted by molar-refractivity contribution is -0.115. The minimum atomic E-state index is -0.555. The molecule has 3 N–H and O–H groups in total. The average Bonchev–Trinajstić information content (AvgIpc) is 3.05. The number of pyridine rings is 1. The van der Waals surface area contributed by atoms with Gasteiger partial charge in [-0.3, -0.25) is 9.78 Å². The summed E-state index contributed by atoms with van der Waals surface area (Å²) >= 11 is 6.40. The third-order valence-electron chi connectivity index (χ3n) is 4.26. The molecule has 1 amide bonds. The number of amides is 1. The maximum Gasteiger partial charge on any atom is 0.248 e. The van der Waals surface area contributed by atoms with Crippen LogP contribution < -0.4 is 11.1 Å². The molecule has 1 aliphatic heterocycles. The fourth-order valence-electron chi connectivity index (χ4n) is 3.08. The molecule has 26 heavy (non-hydrogen) atoms. The van der Waals surface area contributed by atoms with Crippen LogP contribution in [0.1, 0.15) is 18.5 Å². The number of carbonyl (C=O) groups is 1. The number of halogens is 1. The molecule has 1 aromatic carbocycles. The number of nitrogens with two attached hydrogens (primary N) is 1. The molecule has 130 valence electrons. The van der Waals surface area contributed by atoms with Crippen molar-refractivity contribution in [1.29, 1.82) is 0 Å². The number of aromatic nitrogens is 4. The Morgan fingerprint density at radius 2 is 1.96 bits per heavy atom. The lowest BCUT2D eigenvalue weighted by Crippen LogP contribution is -2.32. The Kier molecular flexibility index (Phi) is 3.93. The second-order valence-corrected chi connectivity index (χ2v) is 6.30. The number of benzene rings is 1. The number of rotatable bonds is 3. The molecule has 0 unspecified atom stereocenters. The predicted molar refractivity (Wildman–Crippen MR) is 98.4 cm³/mol. The quantitative estimate of drug-likeness (QED) is 0.742. The molecule has 4 rings (SSSR count). The van der Waals surface area contributed by atoms with E-state index in [-0.39, 0.29) is 0 Å². The highest BCUT2D eigenvalue weighted by Gasteiger charge is 2.34. The van der Waals surface area contributed by atoms with Crippen molar-refractivity contribution in [2.45, 2.75) is 13.0 Å². The normalized spacial score (nSPS) is 16.2. The van der Waals surface area contributed by atoms with Gasteiger partial charge in [-0.1, -0.05) is 29.8 Å². The third kappa shape index (κ3) is 2.62. The Morgan fingerprint density at radius 1 is 1.23 bits per heavy atom. The van der Waals surface area contributed by atoms with Crippen molar-refractivity contribution in [3.05, 3.63) is 70.6 Å². The Labute approximate surface area is 154 Å². The number of primary amides is 1. The van der Waals surface area contributed by atoms with Crippen LogP contribution >= 0.6 is 11.6 Å². The zero-order valence-electron chi connectivity index (χ0n) is 13.8. The lowest BCUT2D eigenvalue weighted by atomic mass is 9.95. The number of carbonyl (C=O) groups excluding carboxylic acids is 1. The SMILES string of the molecule is CC1=C(C(N)=O)[C@@H](c2ccccc2Cl)n2nc(-c3ccncc3)nc2N1. The summed E-state index contributed by atoms with van der Waals surface area (Å²) in [6.45, 7) is 1.79. The van der Waals surface area contributed by atoms with Crippen molar-refractivity contribution in [1.82, 2.24) is 19.7 Å². The number of nitrogens with one attached hydrogen (secondary N) is 1. The molecule has 1 aliphatic rings. The highest BCUT2D eigenvalue weighted by atomic mass is 35.5. The molecule has 3 aromatic rings. The number of hydrogen-bond donors (Lipinski definition) is 2. The van der Waals surface area contributed by atoms with Crippen LogP contribution in [0.25, 0.3) is 11.4 Å². The van der Waals surface area contributed by atoms with Crippen molar-refractivity contribution in [3.63, 3.8) is 0 Å². The van der Waals surface area contributed by atoms with Gasteiger partial charge in [0.15, 0.2) is 5.82 Å². The number of hydrogen-bond acceptors (Lipinski definition) is 5. The highest BCUT2D eigenvalue weighted by molar-refractivity contribution is 6.31. The summed E-state index contributed by atoms with van der Waals surface area (Å²) in [5.41, 5.74) is 8.24. The molecular formula is C18H15ClN6O. The molecule has 2 aromatic heterocycles. The summed E-state index contributed by atoms with van der Waals surface area (Å²) in [6, 6.07) is 10.4. The zero-order chi connectivity index (χ0) is 18.3. The van der Waals surface area contributed by atoms with Crippen LogP contribution in [-0.4, -0.2) is 25.7 Å². The van der Waals surface area contributed by atoms with Gasteiger partial charge in [0.25, 0.3) is 0 Å². The molecule has 8 heteroatoms. The van der Waals surface area contributed by atoms with E-state index >= 15 is 0 Å². The van der Waals surface area contributed by atoms with Gasteiger partial charge in [0.2, 0.25) is 11.9 Å². The van der Waals surface area contributed by atoms with Gasteiger partial charge < -0.3 is 11.1 Å². The highest BCUT2D eigenvalue weighted by Crippen LogP contribution is 2.38. The van der Waals surface area contributed by atoms with Gasteiger partial charge in [-0.25, -0.2) is 4.68 Å². The van der Waals surface area contributed by atoms with Gasteiger partial charge in [-0.2, -0.15) is 4.98 Å². The number of anilines is 1. The number of nitrogens with zero attached hydrogens (tertiary/aromatic N) is 4. The zero-order valence-corrected chi connectivity index (χ0v) is 14.6. The van der Waals surface area contributed by atoms with E-state index in [4.69, 9.17) is 17.3 Å². The van der Waals surface area contributed by atoms with Gasteiger partial charge in [0.1, 0.15) is 6.04 Å². The summed E-state index contributed by atoms with van der Waals surface area (Å²) in [6.07, 6.45) is 3.35. The van der Waals surface area contributed by atoms with Gasteiger partial charge in [-0.05, 0) is 25.1 Å². The fraction of sp³-hybridized carbons (Fsp3) is 0.111. The fourth-order valence-corrected chi connectivity index (χ4v) is 3.32. The maximum absolute atomic E-state index is 12.2. The van der Waals surface area contributed by atoms with Crippen LogP contribution in [0.5, 0.6) is 0 Å². The van der Waals surface area contributed by atoms with E-state index in [0.717, 1.165) is 11.1 Å². The van der Waals surface area contributed by atoms with E-state index in [9.17, 15) is 4.79 Å².